The van der Waals surface area contributed by atoms with Gasteiger partial charge in [-0.1, -0.05) is 83.2 Å². The number of benzene rings is 1. The lowest BCUT2D eigenvalue weighted by atomic mass is 9.82. The third-order valence-corrected chi connectivity index (χ3v) is 10.3. The molecule has 5 atom stereocenters. The zero-order valence-corrected chi connectivity index (χ0v) is 25.8. The summed E-state index contributed by atoms with van der Waals surface area (Å²) in [6.07, 6.45) is 4.87. The number of hydrogen-bond acceptors (Lipinski definition) is 6. The van der Waals surface area contributed by atoms with Crippen LogP contribution < -0.4 is 10.6 Å². The first-order valence-corrected chi connectivity index (χ1v) is 16.7. The van der Waals surface area contributed by atoms with Crippen LogP contribution in [0.4, 0.5) is 0 Å². The van der Waals surface area contributed by atoms with Gasteiger partial charge in [0, 0.05) is 6.54 Å². The predicted molar refractivity (Wildman–Crippen MR) is 159 cm³/mol. The van der Waals surface area contributed by atoms with Crippen LogP contribution in [-0.4, -0.2) is 66.2 Å². The molecule has 0 radical (unpaired) electrons. The van der Waals surface area contributed by atoms with Gasteiger partial charge in [-0.15, -0.1) is 0 Å². The minimum atomic E-state index is -3.47. The van der Waals surface area contributed by atoms with Crippen molar-refractivity contribution in [1.82, 2.24) is 10.6 Å². The van der Waals surface area contributed by atoms with E-state index in [9.17, 15) is 28.2 Å². The van der Waals surface area contributed by atoms with E-state index in [0.717, 1.165) is 31.2 Å². The van der Waals surface area contributed by atoms with E-state index in [4.69, 9.17) is 0 Å². The molecule has 2 rings (SSSR count). The van der Waals surface area contributed by atoms with Crippen LogP contribution in [0, 0.1) is 23.7 Å². The SMILES string of the molecule is CC(C)C[C@H](O)[C@H](O)C(CC1CCCCC1)NC(=O)[C@H](C)CNC(=O)C(Cc1ccccc1)CS(=O)(=O)C(C)C. The molecule has 40 heavy (non-hydrogen) atoms. The Balaban J connectivity index is 2.05. The maximum Gasteiger partial charge on any atom is 0.224 e. The van der Waals surface area contributed by atoms with Crippen LogP contribution in [0.15, 0.2) is 30.3 Å². The van der Waals surface area contributed by atoms with Crippen molar-refractivity contribution < 1.29 is 28.2 Å². The van der Waals surface area contributed by atoms with Gasteiger partial charge in [0.15, 0.2) is 9.84 Å². The van der Waals surface area contributed by atoms with Crippen molar-refractivity contribution in [3.8, 4) is 0 Å². The number of aliphatic hydroxyl groups is 2. The molecule has 0 spiro atoms. The van der Waals surface area contributed by atoms with Crippen molar-refractivity contribution >= 4 is 21.7 Å². The van der Waals surface area contributed by atoms with Gasteiger partial charge in [-0.3, -0.25) is 9.59 Å². The topological polar surface area (TPSA) is 133 Å². The van der Waals surface area contributed by atoms with E-state index in [1.165, 1.54) is 6.42 Å². The molecular formula is C31H52N2O6S. The zero-order chi connectivity index (χ0) is 29.9. The zero-order valence-electron chi connectivity index (χ0n) is 25.0. The fourth-order valence-electron chi connectivity index (χ4n) is 5.37. The highest BCUT2D eigenvalue weighted by atomic mass is 32.2. The van der Waals surface area contributed by atoms with E-state index in [1.807, 2.05) is 44.2 Å². The number of carbonyl (C=O) groups is 2. The lowest BCUT2D eigenvalue weighted by Gasteiger charge is -2.33. The first-order chi connectivity index (χ1) is 18.8. The van der Waals surface area contributed by atoms with E-state index in [2.05, 4.69) is 10.6 Å². The van der Waals surface area contributed by atoms with Crippen LogP contribution in [0.3, 0.4) is 0 Å². The highest BCUT2D eigenvalue weighted by molar-refractivity contribution is 7.92. The molecule has 2 amide bonds. The van der Waals surface area contributed by atoms with Crippen molar-refractivity contribution in [2.75, 3.05) is 12.3 Å². The summed E-state index contributed by atoms with van der Waals surface area (Å²) in [5.41, 5.74) is 0.867. The van der Waals surface area contributed by atoms with E-state index < -0.39 is 51.1 Å². The normalized spacial score (nSPS) is 18.6. The molecule has 1 aromatic rings. The molecule has 1 aromatic carbocycles. The van der Waals surface area contributed by atoms with E-state index in [-0.39, 0.29) is 30.5 Å². The second-order valence-corrected chi connectivity index (χ2v) is 15.1. The van der Waals surface area contributed by atoms with E-state index in [1.54, 1.807) is 20.8 Å². The molecule has 2 unspecified atom stereocenters. The van der Waals surface area contributed by atoms with Gasteiger partial charge < -0.3 is 20.8 Å². The number of sulfone groups is 1. The summed E-state index contributed by atoms with van der Waals surface area (Å²) in [7, 11) is -3.47. The summed E-state index contributed by atoms with van der Waals surface area (Å²) in [4.78, 5) is 26.4. The van der Waals surface area contributed by atoms with Crippen LogP contribution in [0.2, 0.25) is 0 Å². The third kappa shape index (κ3) is 11.5. The lowest BCUT2D eigenvalue weighted by molar-refractivity contribution is -0.128. The maximum absolute atomic E-state index is 13.2. The van der Waals surface area contributed by atoms with Gasteiger partial charge in [0.05, 0.1) is 35.0 Å². The Labute approximate surface area is 241 Å². The molecule has 0 aliphatic heterocycles. The molecule has 0 heterocycles. The van der Waals surface area contributed by atoms with Gasteiger partial charge in [0.25, 0.3) is 0 Å². The Morgan fingerprint density at radius 2 is 1.57 bits per heavy atom. The first kappa shape index (κ1) is 34.2. The molecule has 1 aliphatic carbocycles. The summed E-state index contributed by atoms with van der Waals surface area (Å²) in [6.45, 7) is 8.91. The van der Waals surface area contributed by atoms with Gasteiger partial charge in [0.2, 0.25) is 11.8 Å². The standard InChI is InChI=1S/C31H52N2O6S/c1-21(2)16-28(34)29(35)27(18-25-14-10-7-11-15-25)33-30(36)23(5)19-32-31(37)26(20-40(38,39)22(3)4)17-24-12-8-6-9-13-24/h6,8-9,12-13,21-23,25-29,34-35H,7,10-11,14-20H2,1-5H3,(H,32,37)(H,33,36)/t23-,26?,27?,28+,29-/m1/s1. The summed E-state index contributed by atoms with van der Waals surface area (Å²) in [5.74, 6) is -1.78. The van der Waals surface area contributed by atoms with Crippen LogP contribution in [0.25, 0.3) is 0 Å². The highest BCUT2D eigenvalue weighted by Crippen LogP contribution is 2.29. The van der Waals surface area contributed by atoms with Crippen molar-refractivity contribution in [2.45, 2.75) is 109 Å². The van der Waals surface area contributed by atoms with E-state index in [0.29, 0.717) is 18.8 Å². The molecule has 8 nitrogen and oxygen atoms in total. The number of nitrogens with one attached hydrogen (secondary N) is 2. The molecule has 9 heteroatoms. The Hall–Kier alpha value is -1.97. The maximum atomic E-state index is 13.2. The van der Waals surface area contributed by atoms with E-state index >= 15 is 0 Å². The van der Waals surface area contributed by atoms with Gasteiger partial charge in [0.1, 0.15) is 6.10 Å². The van der Waals surface area contributed by atoms with Crippen molar-refractivity contribution in [1.29, 1.82) is 0 Å². The molecule has 0 bridgehead atoms. The van der Waals surface area contributed by atoms with Crippen molar-refractivity contribution in [2.24, 2.45) is 23.7 Å². The Bertz CT molecular complexity index is 1010. The molecular weight excluding hydrogens is 528 g/mol. The second-order valence-electron chi connectivity index (χ2n) is 12.5. The van der Waals surface area contributed by atoms with Gasteiger partial charge in [-0.05, 0) is 50.5 Å². The summed E-state index contributed by atoms with van der Waals surface area (Å²) < 4.78 is 25.3. The Morgan fingerprint density at radius 3 is 2.15 bits per heavy atom. The average molecular weight is 581 g/mol. The van der Waals surface area contributed by atoms with Crippen molar-refractivity contribution in [3.05, 3.63) is 35.9 Å². The first-order valence-electron chi connectivity index (χ1n) is 15.0. The van der Waals surface area contributed by atoms with Crippen LogP contribution >= 0.6 is 0 Å². The second kappa shape index (κ2) is 16.5. The smallest absolute Gasteiger partial charge is 0.224 e. The molecule has 228 valence electrons. The number of hydrogen-bond donors (Lipinski definition) is 4. The quantitative estimate of drug-likeness (QED) is 0.236. The van der Waals surface area contributed by atoms with Gasteiger partial charge in [-0.25, -0.2) is 8.42 Å². The largest absolute Gasteiger partial charge is 0.390 e. The average Bonchev–Trinajstić information content (AvgIpc) is 2.90. The summed E-state index contributed by atoms with van der Waals surface area (Å²) in [5, 5.41) is 26.8. The monoisotopic (exact) mass is 580 g/mol. The van der Waals surface area contributed by atoms with Gasteiger partial charge in [-0.2, -0.15) is 0 Å². The molecule has 0 aromatic heterocycles. The summed E-state index contributed by atoms with van der Waals surface area (Å²) in [6, 6.07) is 8.72. The van der Waals surface area contributed by atoms with Crippen LogP contribution in [-0.2, 0) is 25.8 Å². The Kier molecular flexibility index (Phi) is 14.1. The van der Waals surface area contributed by atoms with Gasteiger partial charge >= 0.3 is 0 Å². The molecule has 1 aliphatic rings. The number of rotatable bonds is 16. The highest BCUT2D eigenvalue weighted by Gasteiger charge is 2.33. The Morgan fingerprint density at radius 1 is 0.950 bits per heavy atom. The number of aliphatic hydroxyl groups excluding tert-OH is 2. The number of carbonyl (C=O) groups excluding carboxylic acids is 2. The minimum Gasteiger partial charge on any atom is -0.390 e. The fraction of sp³-hybridized carbons (Fsp3) is 0.742. The minimum absolute atomic E-state index is 0.0402. The summed E-state index contributed by atoms with van der Waals surface area (Å²) >= 11 is 0. The van der Waals surface area contributed by atoms with Crippen LogP contribution in [0.1, 0.15) is 85.1 Å². The molecule has 1 fully saturated rings. The van der Waals surface area contributed by atoms with Crippen molar-refractivity contribution in [3.63, 3.8) is 0 Å². The molecule has 0 saturated heterocycles. The number of amides is 2. The molecule has 4 N–H and O–H groups in total. The molecule has 1 saturated carbocycles. The fourth-order valence-corrected chi connectivity index (χ4v) is 6.59. The van der Waals surface area contributed by atoms with Crippen LogP contribution in [0.5, 0.6) is 0 Å². The predicted octanol–water partition coefficient (Wildman–Crippen LogP) is 3.64. The lowest BCUT2D eigenvalue weighted by Crippen LogP contribution is -2.52. The third-order valence-electron chi connectivity index (χ3n) is 8.04.